The van der Waals surface area contributed by atoms with E-state index in [4.69, 9.17) is 10.00 Å². The average Bonchev–Trinajstić information content (AvgIpc) is 2.27. The Morgan fingerprint density at radius 3 is 2.86 bits per heavy atom. The van der Waals surface area contributed by atoms with Crippen molar-refractivity contribution >= 4 is 10.9 Å². The van der Waals surface area contributed by atoms with Gasteiger partial charge in [-0.25, -0.2) is 4.98 Å². The lowest BCUT2D eigenvalue weighted by Gasteiger charge is -2.03. The highest BCUT2D eigenvalue weighted by Gasteiger charge is 2.02. The maximum absolute atomic E-state index is 8.68. The topological polar surface area (TPSA) is 45.9 Å². The van der Waals surface area contributed by atoms with Gasteiger partial charge in [0.05, 0.1) is 12.6 Å². The van der Waals surface area contributed by atoms with Crippen molar-refractivity contribution in [3.05, 3.63) is 36.0 Å². The van der Waals surface area contributed by atoms with Crippen molar-refractivity contribution in [1.29, 1.82) is 5.26 Å². The predicted molar refractivity (Wildman–Crippen MR) is 53.0 cm³/mol. The lowest BCUT2D eigenvalue weighted by atomic mass is 10.2. The van der Waals surface area contributed by atoms with Crippen LogP contribution >= 0.6 is 0 Å². The van der Waals surface area contributed by atoms with Crippen LogP contribution < -0.4 is 4.74 Å². The summed E-state index contributed by atoms with van der Waals surface area (Å²) in [6.45, 7) is 0. The van der Waals surface area contributed by atoms with Crippen molar-refractivity contribution < 1.29 is 4.74 Å². The van der Waals surface area contributed by atoms with Crippen molar-refractivity contribution in [3.8, 4) is 11.8 Å². The van der Waals surface area contributed by atoms with Gasteiger partial charge in [-0.2, -0.15) is 5.26 Å². The largest absolute Gasteiger partial charge is 0.496 e. The molecule has 2 aromatic rings. The standard InChI is InChI=1S/C11H8N2O/c1-14-11-4-2-3-10-9(11)6-5-8(7-12)13-10/h2-6H,1H3. The molecule has 0 radical (unpaired) electrons. The SMILES string of the molecule is COc1cccc2nc(C#N)ccc12. The first-order valence-electron chi connectivity index (χ1n) is 4.19. The average molecular weight is 184 g/mol. The number of rotatable bonds is 1. The molecule has 0 saturated heterocycles. The Balaban J connectivity index is 2.75. The molecule has 2 rings (SSSR count). The number of nitriles is 1. The first-order chi connectivity index (χ1) is 6.85. The molecule has 68 valence electrons. The van der Waals surface area contributed by atoms with E-state index in [9.17, 15) is 0 Å². The molecule has 0 N–H and O–H groups in total. The number of hydrogen-bond donors (Lipinski definition) is 0. The number of methoxy groups -OCH3 is 1. The number of hydrogen-bond acceptors (Lipinski definition) is 3. The molecular formula is C11H8N2O. The molecule has 0 spiro atoms. The van der Waals surface area contributed by atoms with E-state index in [0.717, 1.165) is 16.7 Å². The third kappa shape index (κ3) is 1.27. The molecule has 0 saturated carbocycles. The second kappa shape index (κ2) is 3.35. The number of aromatic nitrogens is 1. The molecule has 0 fully saturated rings. The van der Waals surface area contributed by atoms with Crippen LogP contribution in [0.15, 0.2) is 30.3 Å². The third-order valence-electron chi connectivity index (χ3n) is 2.03. The maximum Gasteiger partial charge on any atom is 0.141 e. The summed E-state index contributed by atoms with van der Waals surface area (Å²) in [4.78, 5) is 4.16. The summed E-state index contributed by atoms with van der Waals surface area (Å²) in [5, 5.41) is 9.60. The van der Waals surface area contributed by atoms with E-state index in [0.29, 0.717) is 5.69 Å². The van der Waals surface area contributed by atoms with E-state index >= 15 is 0 Å². The van der Waals surface area contributed by atoms with Gasteiger partial charge >= 0.3 is 0 Å². The van der Waals surface area contributed by atoms with E-state index in [-0.39, 0.29) is 0 Å². The van der Waals surface area contributed by atoms with Gasteiger partial charge in [0.2, 0.25) is 0 Å². The summed E-state index contributed by atoms with van der Waals surface area (Å²) in [5.74, 6) is 0.777. The lowest BCUT2D eigenvalue weighted by Crippen LogP contribution is -1.88. The van der Waals surface area contributed by atoms with Crippen LogP contribution in [0.4, 0.5) is 0 Å². The minimum absolute atomic E-state index is 0.422. The summed E-state index contributed by atoms with van der Waals surface area (Å²) in [7, 11) is 1.62. The van der Waals surface area contributed by atoms with E-state index in [1.807, 2.05) is 30.3 Å². The van der Waals surface area contributed by atoms with Gasteiger partial charge in [-0.1, -0.05) is 6.07 Å². The van der Waals surface area contributed by atoms with Crippen LogP contribution in [-0.4, -0.2) is 12.1 Å². The van der Waals surface area contributed by atoms with Crippen LogP contribution in [0.1, 0.15) is 5.69 Å². The van der Waals surface area contributed by atoms with Crippen LogP contribution in [-0.2, 0) is 0 Å². The summed E-state index contributed by atoms with van der Waals surface area (Å²) < 4.78 is 5.18. The molecule has 0 unspecified atom stereocenters. The molecule has 0 atom stereocenters. The molecular weight excluding hydrogens is 176 g/mol. The van der Waals surface area contributed by atoms with Crippen molar-refractivity contribution in [3.63, 3.8) is 0 Å². The Kier molecular flexibility index (Phi) is 2.04. The molecule has 0 aliphatic rings. The minimum atomic E-state index is 0.422. The Labute approximate surface area is 81.6 Å². The number of pyridine rings is 1. The van der Waals surface area contributed by atoms with E-state index in [1.165, 1.54) is 0 Å². The van der Waals surface area contributed by atoms with Crippen LogP contribution in [0.2, 0.25) is 0 Å². The number of benzene rings is 1. The first-order valence-corrected chi connectivity index (χ1v) is 4.19. The molecule has 3 heteroatoms. The monoisotopic (exact) mass is 184 g/mol. The number of nitrogens with zero attached hydrogens (tertiary/aromatic N) is 2. The highest BCUT2D eigenvalue weighted by molar-refractivity contribution is 5.85. The minimum Gasteiger partial charge on any atom is -0.496 e. The normalized spacial score (nSPS) is 9.71. The molecule has 0 aliphatic carbocycles. The Morgan fingerprint density at radius 2 is 2.14 bits per heavy atom. The zero-order valence-corrected chi connectivity index (χ0v) is 7.69. The van der Waals surface area contributed by atoms with Gasteiger partial charge in [0.25, 0.3) is 0 Å². The van der Waals surface area contributed by atoms with E-state index in [1.54, 1.807) is 13.2 Å². The van der Waals surface area contributed by atoms with Crippen molar-refractivity contribution in [1.82, 2.24) is 4.98 Å². The zero-order chi connectivity index (χ0) is 9.97. The fraction of sp³-hybridized carbons (Fsp3) is 0.0909. The van der Waals surface area contributed by atoms with Crippen molar-refractivity contribution in [2.75, 3.05) is 7.11 Å². The van der Waals surface area contributed by atoms with Gasteiger partial charge in [-0.15, -0.1) is 0 Å². The van der Waals surface area contributed by atoms with Gasteiger partial charge in [0.1, 0.15) is 17.5 Å². The highest BCUT2D eigenvalue weighted by atomic mass is 16.5. The van der Waals surface area contributed by atoms with Crippen molar-refractivity contribution in [2.45, 2.75) is 0 Å². The molecule has 0 aliphatic heterocycles. The smallest absolute Gasteiger partial charge is 0.141 e. The van der Waals surface area contributed by atoms with Crippen LogP contribution in [0.25, 0.3) is 10.9 Å². The second-order valence-electron chi connectivity index (χ2n) is 2.84. The molecule has 3 nitrogen and oxygen atoms in total. The number of ether oxygens (including phenoxy) is 1. The zero-order valence-electron chi connectivity index (χ0n) is 7.69. The van der Waals surface area contributed by atoms with Crippen LogP contribution in [0.3, 0.4) is 0 Å². The van der Waals surface area contributed by atoms with Gasteiger partial charge in [-0.3, -0.25) is 0 Å². The second-order valence-corrected chi connectivity index (χ2v) is 2.84. The molecule has 1 aromatic heterocycles. The van der Waals surface area contributed by atoms with Crippen molar-refractivity contribution in [2.24, 2.45) is 0 Å². The van der Waals surface area contributed by atoms with E-state index in [2.05, 4.69) is 4.98 Å². The molecule has 1 aromatic carbocycles. The number of fused-ring (bicyclic) bond motifs is 1. The lowest BCUT2D eigenvalue weighted by molar-refractivity contribution is 0.420. The first kappa shape index (κ1) is 8.52. The summed E-state index contributed by atoms with van der Waals surface area (Å²) in [6.07, 6.45) is 0. The predicted octanol–water partition coefficient (Wildman–Crippen LogP) is 2.12. The summed E-state index contributed by atoms with van der Waals surface area (Å²) in [5.41, 5.74) is 1.20. The third-order valence-corrected chi connectivity index (χ3v) is 2.03. The van der Waals surface area contributed by atoms with Gasteiger partial charge in [-0.05, 0) is 24.3 Å². The highest BCUT2D eigenvalue weighted by Crippen LogP contribution is 2.23. The fourth-order valence-corrected chi connectivity index (χ4v) is 1.37. The summed E-state index contributed by atoms with van der Waals surface area (Å²) in [6, 6.07) is 11.1. The van der Waals surface area contributed by atoms with Gasteiger partial charge < -0.3 is 4.74 Å². The quantitative estimate of drug-likeness (QED) is 0.681. The fourth-order valence-electron chi connectivity index (χ4n) is 1.37. The van der Waals surface area contributed by atoms with Crippen LogP contribution in [0, 0.1) is 11.3 Å². The Bertz CT molecular complexity index is 514. The summed E-state index contributed by atoms with van der Waals surface area (Å²) >= 11 is 0. The molecule has 0 amide bonds. The van der Waals surface area contributed by atoms with E-state index < -0.39 is 0 Å². The molecule has 0 bridgehead atoms. The van der Waals surface area contributed by atoms with Crippen LogP contribution in [0.5, 0.6) is 5.75 Å². The molecule has 14 heavy (non-hydrogen) atoms. The Hall–Kier alpha value is -2.08. The van der Waals surface area contributed by atoms with Gasteiger partial charge in [0, 0.05) is 5.39 Å². The Morgan fingerprint density at radius 1 is 1.29 bits per heavy atom. The van der Waals surface area contributed by atoms with Gasteiger partial charge in [0.15, 0.2) is 0 Å². The maximum atomic E-state index is 8.68. The molecule has 1 heterocycles.